The lowest BCUT2D eigenvalue weighted by molar-refractivity contribution is 0.412. The lowest BCUT2D eigenvalue weighted by Gasteiger charge is -2.35. The molecule has 0 heterocycles. The summed E-state index contributed by atoms with van der Waals surface area (Å²) in [5.74, 6) is 0. The third-order valence-corrected chi connectivity index (χ3v) is 31.4. The Hall–Kier alpha value is 0.571. The predicted octanol–water partition coefficient (Wildman–Crippen LogP) is 1.97. The molecule has 12 heavy (non-hydrogen) atoms. The molecule has 0 aliphatic rings. The fourth-order valence-electron chi connectivity index (χ4n) is 1.03. The number of rotatable bonds is 4. The monoisotopic (exact) mass is 221 g/mol. The molecule has 0 atom stereocenters. The zero-order valence-electron chi connectivity index (χ0n) is 9.32. The molecular formula is C7H21O2Si3. The number of hydrogen-bond acceptors (Lipinski definition) is 2. The molecule has 0 N–H and O–H groups in total. The molecule has 1 radical (unpaired) electrons. The van der Waals surface area contributed by atoms with Crippen LogP contribution in [0.5, 0.6) is 0 Å². The maximum atomic E-state index is 5.63. The minimum atomic E-state index is -1.40. The van der Waals surface area contributed by atoms with E-state index in [1.807, 2.05) is 14.2 Å². The van der Waals surface area contributed by atoms with Gasteiger partial charge in [-0.1, -0.05) is 6.55 Å². The molecule has 0 aromatic heterocycles. The molecule has 0 fully saturated rings. The van der Waals surface area contributed by atoms with Crippen LogP contribution in [0.15, 0.2) is 0 Å². The second-order valence-electron chi connectivity index (χ2n) is 4.05. The summed E-state index contributed by atoms with van der Waals surface area (Å²) in [6.07, 6.45) is 0. The molecule has 0 spiro atoms. The van der Waals surface area contributed by atoms with Gasteiger partial charge in [-0.25, -0.2) is 0 Å². The van der Waals surface area contributed by atoms with E-state index in [4.69, 9.17) is 8.85 Å². The third kappa shape index (κ3) is 2.81. The molecule has 73 valence electrons. The Morgan fingerprint density at radius 2 is 1.08 bits per heavy atom. The molecule has 0 aromatic rings. The van der Waals surface area contributed by atoms with Crippen molar-refractivity contribution in [3.63, 3.8) is 0 Å². The van der Waals surface area contributed by atoms with E-state index in [9.17, 15) is 0 Å². The highest BCUT2D eigenvalue weighted by Gasteiger charge is 2.43. The van der Waals surface area contributed by atoms with Crippen molar-refractivity contribution in [3.8, 4) is 0 Å². The molecule has 0 amide bonds. The van der Waals surface area contributed by atoms with Gasteiger partial charge in [-0.05, 0) is 26.2 Å². The van der Waals surface area contributed by atoms with E-state index in [2.05, 4.69) is 32.7 Å². The average molecular weight is 222 g/mol. The van der Waals surface area contributed by atoms with Gasteiger partial charge in [0.05, 0.1) is 7.83 Å². The summed E-state index contributed by atoms with van der Waals surface area (Å²) in [5, 5.41) is 0. The van der Waals surface area contributed by atoms with Crippen LogP contribution in [0.3, 0.4) is 0 Å². The quantitative estimate of drug-likeness (QED) is 0.676. The standard InChI is InChI=1S/C7H21O2Si3/c1-8-11(4,5)10(3)12(6,7)9-2/h1-7H3. The van der Waals surface area contributed by atoms with Crippen molar-refractivity contribution in [1.29, 1.82) is 0 Å². The largest absolute Gasteiger partial charge is 0.424 e. The van der Waals surface area contributed by atoms with Crippen LogP contribution in [-0.2, 0) is 8.85 Å². The topological polar surface area (TPSA) is 18.5 Å². The molecule has 0 aromatic carbocycles. The Morgan fingerprint density at radius 3 is 1.25 bits per heavy atom. The van der Waals surface area contributed by atoms with Crippen molar-refractivity contribution in [3.05, 3.63) is 0 Å². The molecule has 0 saturated carbocycles. The zero-order chi connectivity index (χ0) is 9.99. The molecule has 0 rings (SSSR count). The minimum absolute atomic E-state index is 0.410. The van der Waals surface area contributed by atoms with Crippen LogP contribution >= 0.6 is 0 Å². The smallest absolute Gasteiger partial charge is 0.171 e. The van der Waals surface area contributed by atoms with Gasteiger partial charge in [-0.15, -0.1) is 0 Å². The van der Waals surface area contributed by atoms with E-state index in [0.717, 1.165) is 0 Å². The van der Waals surface area contributed by atoms with Crippen LogP contribution in [0.2, 0.25) is 32.7 Å². The first-order valence-electron chi connectivity index (χ1n) is 4.22. The van der Waals surface area contributed by atoms with Crippen LogP contribution in [-0.4, -0.2) is 37.7 Å². The van der Waals surface area contributed by atoms with E-state index in [-0.39, 0.29) is 0 Å². The van der Waals surface area contributed by atoms with Crippen molar-refractivity contribution in [2.75, 3.05) is 14.2 Å². The van der Waals surface area contributed by atoms with Gasteiger partial charge in [-0.3, -0.25) is 0 Å². The molecule has 0 aliphatic heterocycles. The summed E-state index contributed by atoms with van der Waals surface area (Å²) in [6, 6.07) is 0. The van der Waals surface area contributed by atoms with E-state index in [1.54, 1.807) is 0 Å². The van der Waals surface area contributed by atoms with Crippen LogP contribution in [0.4, 0.5) is 0 Å². The second kappa shape index (κ2) is 4.19. The summed E-state index contributed by atoms with van der Waals surface area (Å²) in [7, 11) is 0.488. The van der Waals surface area contributed by atoms with Crippen molar-refractivity contribution < 1.29 is 8.85 Å². The van der Waals surface area contributed by atoms with Gasteiger partial charge in [0, 0.05) is 14.2 Å². The maximum absolute atomic E-state index is 5.63. The second-order valence-corrected chi connectivity index (χ2v) is 25.4. The summed E-state index contributed by atoms with van der Waals surface area (Å²) in [6.45, 7) is 11.6. The summed E-state index contributed by atoms with van der Waals surface area (Å²) >= 11 is 0. The van der Waals surface area contributed by atoms with Gasteiger partial charge >= 0.3 is 0 Å². The van der Waals surface area contributed by atoms with Gasteiger partial charge in [0.1, 0.15) is 0 Å². The molecule has 0 unspecified atom stereocenters. The van der Waals surface area contributed by atoms with Gasteiger partial charge in [-0.2, -0.15) is 0 Å². The first kappa shape index (κ1) is 12.6. The fraction of sp³-hybridized carbons (Fsp3) is 1.00. The van der Waals surface area contributed by atoms with Crippen LogP contribution in [0.1, 0.15) is 0 Å². The lowest BCUT2D eigenvalue weighted by atomic mass is 11.8. The fourth-order valence-corrected chi connectivity index (χ4v) is 24.2. The average Bonchev–Trinajstić information content (AvgIpc) is 2.03. The van der Waals surface area contributed by atoms with Crippen molar-refractivity contribution in [1.82, 2.24) is 0 Å². The van der Waals surface area contributed by atoms with Gasteiger partial charge < -0.3 is 8.85 Å². The highest BCUT2D eigenvalue weighted by molar-refractivity contribution is 7.57. The molecular weight excluding hydrogens is 200 g/mol. The summed E-state index contributed by atoms with van der Waals surface area (Å²) < 4.78 is 11.3. The zero-order valence-corrected chi connectivity index (χ0v) is 12.3. The molecule has 5 heteroatoms. The van der Waals surface area contributed by atoms with Gasteiger partial charge in [0.2, 0.25) is 0 Å². The normalized spacial score (nSPS) is 14.0. The third-order valence-electron chi connectivity index (χ3n) is 2.83. The predicted molar refractivity (Wildman–Crippen MR) is 60.6 cm³/mol. The molecule has 0 aliphatic carbocycles. The Bertz CT molecular complexity index is 132. The Kier molecular flexibility index (Phi) is 4.39. The molecule has 0 bridgehead atoms. The Labute approximate surface area is 79.7 Å². The van der Waals surface area contributed by atoms with Crippen molar-refractivity contribution in [2.45, 2.75) is 32.7 Å². The SMILES string of the molecule is CO[Si](C)(C)[Si](C)[Si](C)(C)OC. The minimum Gasteiger partial charge on any atom is -0.424 e. The van der Waals surface area contributed by atoms with Crippen molar-refractivity contribution in [2.24, 2.45) is 0 Å². The van der Waals surface area contributed by atoms with Gasteiger partial charge in [0.15, 0.2) is 15.7 Å². The summed E-state index contributed by atoms with van der Waals surface area (Å²) in [5.41, 5.74) is 0. The highest BCUT2D eigenvalue weighted by atomic mass is 29.6. The maximum Gasteiger partial charge on any atom is 0.171 e. The Morgan fingerprint density at radius 1 is 0.833 bits per heavy atom. The van der Waals surface area contributed by atoms with E-state index >= 15 is 0 Å². The van der Waals surface area contributed by atoms with E-state index in [1.165, 1.54) is 0 Å². The first-order valence-corrected chi connectivity index (χ1v) is 14.0. The van der Waals surface area contributed by atoms with Crippen LogP contribution in [0, 0.1) is 0 Å². The van der Waals surface area contributed by atoms with Crippen LogP contribution < -0.4 is 0 Å². The van der Waals surface area contributed by atoms with E-state index < -0.39 is 23.5 Å². The van der Waals surface area contributed by atoms with Crippen LogP contribution in [0.25, 0.3) is 0 Å². The Balaban J connectivity index is 4.47. The first-order chi connectivity index (χ1) is 5.28. The van der Waals surface area contributed by atoms with E-state index in [0.29, 0.717) is 0 Å². The molecule has 0 saturated heterocycles. The van der Waals surface area contributed by atoms with Gasteiger partial charge in [0.25, 0.3) is 0 Å². The summed E-state index contributed by atoms with van der Waals surface area (Å²) in [4.78, 5) is 0. The lowest BCUT2D eigenvalue weighted by Crippen LogP contribution is -2.62. The number of hydrogen-bond donors (Lipinski definition) is 0. The highest BCUT2D eigenvalue weighted by Crippen LogP contribution is 2.18. The molecule has 2 nitrogen and oxygen atoms in total. The van der Waals surface area contributed by atoms with Crippen molar-refractivity contribution >= 4 is 23.5 Å².